The summed E-state index contributed by atoms with van der Waals surface area (Å²) in [6, 6.07) is 4.39. The zero-order valence-electron chi connectivity index (χ0n) is 14.4. The Kier molecular flexibility index (Phi) is 5.78. The first-order valence-corrected chi connectivity index (χ1v) is 7.74. The first-order chi connectivity index (χ1) is 11.4. The van der Waals surface area contributed by atoms with Crippen LogP contribution in [-0.2, 0) is 13.1 Å². The zero-order chi connectivity index (χ0) is 17.7. The third-order valence-electron chi connectivity index (χ3n) is 3.66. The molecule has 0 bridgehead atoms. The molecule has 0 unspecified atom stereocenters. The summed E-state index contributed by atoms with van der Waals surface area (Å²) in [6.45, 7) is 6.46. The van der Waals surface area contributed by atoms with Crippen LogP contribution in [-0.4, -0.2) is 29.7 Å². The summed E-state index contributed by atoms with van der Waals surface area (Å²) in [6.07, 6.45) is 0. The molecule has 2 rings (SSSR count). The molecule has 1 N–H and O–H groups in total. The number of carbonyl (C=O) groups excluding carboxylic acids is 1. The van der Waals surface area contributed by atoms with Crippen LogP contribution in [0.25, 0.3) is 0 Å². The van der Waals surface area contributed by atoms with Crippen LogP contribution < -0.4 is 10.1 Å². The summed E-state index contributed by atoms with van der Waals surface area (Å²) in [7, 11) is 1.68. The van der Waals surface area contributed by atoms with Crippen LogP contribution in [0.5, 0.6) is 5.75 Å². The number of carbonyl (C=O) groups is 1. The minimum Gasteiger partial charge on any atom is -0.491 e. The fourth-order valence-corrected chi connectivity index (χ4v) is 2.28. The molecule has 0 fully saturated rings. The number of aryl methyl sites for hydroxylation is 2. The molecule has 24 heavy (non-hydrogen) atoms. The van der Waals surface area contributed by atoms with Crippen LogP contribution in [0, 0.1) is 19.7 Å². The number of benzene rings is 1. The van der Waals surface area contributed by atoms with Gasteiger partial charge in [0.2, 0.25) is 0 Å². The van der Waals surface area contributed by atoms with Gasteiger partial charge in [-0.1, -0.05) is 11.2 Å². The van der Waals surface area contributed by atoms with Gasteiger partial charge in [0, 0.05) is 19.2 Å². The van der Waals surface area contributed by atoms with Crippen molar-refractivity contribution in [2.24, 2.45) is 0 Å². The maximum atomic E-state index is 13.8. The van der Waals surface area contributed by atoms with E-state index in [0.717, 1.165) is 11.3 Å². The lowest BCUT2D eigenvalue weighted by Gasteiger charge is -2.18. The van der Waals surface area contributed by atoms with E-state index in [1.807, 2.05) is 13.8 Å². The van der Waals surface area contributed by atoms with Gasteiger partial charge in [0.15, 0.2) is 11.6 Å². The van der Waals surface area contributed by atoms with Gasteiger partial charge in [0.25, 0.3) is 0 Å². The van der Waals surface area contributed by atoms with Crippen LogP contribution in [0.4, 0.5) is 9.18 Å². The number of hydrogen-bond donors (Lipinski definition) is 1. The summed E-state index contributed by atoms with van der Waals surface area (Å²) >= 11 is 0. The number of aromatic nitrogens is 1. The Hall–Kier alpha value is -2.57. The van der Waals surface area contributed by atoms with E-state index in [4.69, 9.17) is 9.26 Å². The fourth-order valence-electron chi connectivity index (χ4n) is 2.28. The predicted octanol–water partition coefficient (Wildman–Crippen LogP) is 3.17. The number of nitrogens with zero attached hydrogens (tertiary/aromatic N) is 2. The lowest BCUT2D eigenvalue weighted by atomic mass is 10.2. The Morgan fingerprint density at radius 3 is 2.75 bits per heavy atom. The van der Waals surface area contributed by atoms with Crippen LogP contribution in [0.15, 0.2) is 22.7 Å². The molecular formula is C17H22FN3O3. The average Bonchev–Trinajstić information content (AvgIpc) is 2.86. The van der Waals surface area contributed by atoms with Crippen molar-refractivity contribution in [3.8, 4) is 5.75 Å². The molecule has 0 aliphatic carbocycles. The van der Waals surface area contributed by atoms with E-state index in [1.54, 1.807) is 26.1 Å². The van der Waals surface area contributed by atoms with Crippen molar-refractivity contribution in [3.63, 3.8) is 0 Å². The standard InChI is InChI=1S/C17H22FN3O3/c1-5-23-16-7-6-13(8-15(16)18)9-19-17(22)21(4)10-14-11(2)20-24-12(14)3/h6-8H,5,9-10H2,1-4H3,(H,19,22). The SMILES string of the molecule is CCOc1ccc(CNC(=O)N(C)Cc2c(C)noc2C)cc1F. The molecule has 0 radical (unpaired) electrons. The highest BCUT2D eigenvalue weighted by molar-refractivity contribution is 5.73. The maximum absolute atomic E-state index is 13.8. The maximum Gasteiger partial charge on any atom is 0.317 e. The Balaban J connectivity index is 1.91. The molecule has 2 amide bonds. The lowest BCUT2D eigenvalue weighted by molar-refractivity contribution is 0.206. The number of ether oxygens (including phenoxy) is 1. The third-order valence-corrected chi connectivity index (χ3v) is 3.66. The summed E-state index contributed by atoms with van der Waals surface area (Å²) < 4.78 is 24.0. The van der Waals surface area contributed by atoms with Crippen LogP contribution in [0.3, 0.4) is 0 Å². The van der Waals surface area contributed by atoms with Crippen molar-refractivity contribution < 1.29 is 18.4 Å². The molecule has 1 aromatic carbocycles. The topological polar surface area (TPSA) is 67.6 Å². The summed E-state index contributed by atoms with van der Waals surface area (Å²) in [5.41, 5.74) is 2.32. The van der Waals surface area contributed by atoms with Crippen molar-refractivity contribution in [2.45, 2.75) is 33.9 Å². The molecule has 1 heterocycles. The van der Waals surface area contributed by atoms with E-state index in [9.17, 15) is 9.18 Å². The number of rotatable bonds is 6. The minimum absolute atomic E-state index is 0.211. The Morgan fingerprint density at radius 2 is 2.17 bits per heavy atom. The molecule has 1 aromatic heterocycles. The van der Waals surface area contributed by atoms with Crippen LogP contribution in [0.1, 0.15) is 29.5 Å². The molecule has 0 aliphatic rings. The highest BCUT2D eigenvalue weighted by Gasteiger charge is 2.15. The molecule has 7 heteroatoms. The Bertz CT molecular complexity index is 696. The molecule has 0 spiro atoms. The summed E-state index contributed by atoms with van der Waals surface area (Å²) in [5, 5.41) is 6.63. The first kappa shape index (κ1) is 17.8. The normalized spacial score (nSPS) is 10.5. The second kappa shape index (κ2) is 7.81. The zero-order valence-corrected chi connectivity index (χ0v) is 14.4. The summed E-state index contributed by atoms with van der Waals surface area (Å²) in [5.74, 6) is 0.469. The molecule has 2 aromatic rings. The fraction of sp³-hybridized carbons (Fsp3) is 0.412. The van der Waals surface area contributed by atoms with E-state index in [-0.39, 0.29) is 18.3 Å². The largest absolute Gasteiger partial charge is 0.491 e. The minimum atomic E-state index is -0.437. The van der Waals surface area contributed by atoms with Crippen molar-refractivity contribution in [3.05, 3.63) is 46.6 Å². The molecule has 0 atom stereocenters. The number of amides is 2. The highest BCUT2D eigenvalue weighted by atomic mass is 19.1. The highest BCUT2D eigenvalue weighted by Crippen LogP contribution is 2.18. The van der Waals surface area contributed by atoms with Gasteiger partial charge in [-0.3, -0.25) is 0 Å². The van der Waals surface area contributed by atoms with Gasteiger partial charge in [-0.15, -0.1) is 0 Å². The molecule has 0 saturated carbocycles. The quantitative estimate of drug-likeness (QED) is 0.880. The smallest absolute Gasteiger partial charge is 0.317 e. The van der Waals surface area contributed by atoms with Gasteiger partial charge >= 0.3 is 6.03 Å². The van der Waals surface area contributed by atoms with Crippen molar-refractivity contribution in [1.82, 2.24) is 15.4 Å². The molecule has 6 nitrogen and oxygen atoms in total. The number of halogens is 1. The van der Waals surface area contributed by atoms with Gasteiger partial charge in [-0.05, 0) is 38.5 Å². The van der Waals surface area contributed by atoms with Crippen molar-refractivity contribution in [2.75, 3.05) is 13.7 Å². The van der Waals surface area contributed by atoms with E-state index in [2.05, 4.69) is 10.5 Å². The van der Waals surface area contributed by atoms with E-state index in [1.165, 1.54) is 11.0 Å². The monoisotopic (exact) mass is 335 g/mol. The third kappa shape index (κ3) is 4.24. The molecule has 0 saturated heterocycles. The van der Waals surface area contributed by atoms with Gasteiger partial charge in [-0.25, -0.2) is 9.18 Å². The molecule has 0 aliphatic heterocycles. The van der Waals surface area contributed by atoms with Crippen molar-refractivity contribution in [1.29, 1.82) is 0 Å². The van der Waals surface area contributed by atoms with E-state index >= 15 is 0 Å². The Labute approximate surface area is 140 Å². The number of nitrogens with one attached hydrogen (secondary N) is 1. The van der Waals surface area contributed by atoms with Gasteiger partial charge in [0.05, 0.1) is 18.8 Å². The molecule has 130 valence electrons. The van der Waals surface area contributed by atoms with Gasteiger partial charge < -0.3 is 19.5 Å². The second-order valence-electron chi connectivity index (χ2n) is 5.52. The average molecular weight is 335 g/mol. The van der Waals surface area contributed by atoms with Crippen LogP contribution in [0.2, 0.25) is 0 Å². The lowest BCUT2D eigenvalue weighted by Crippen LogP contribution is -2.36. The molecular weight excluding hydrogens is 313 g/mol. The van der Waals surface area contributed by atoms with Crippen LogP contribution >= 0.6 is 0 Å². The summed E-state index contributed by atoms with van der Waals surface area (Å²) in [4.78, 5) is 13.7. The van der Waals surface area contributed by atoms with E-state index < -0.39 is 5.82 Å². The number of urea groups is 1. The first-order valence-electron chi connectivity index (χ1n) is 7.74. The second-order valence-corrected chi connectivity index (χ2v) is 5.52. The van der Waals surface area contributed by atoms with Gasteiger partial charge in [-0.2, -0.15) is 0 Å². The predicted molar refractivity (Wildman–Crippen MR) is 87.2 cm³/mol. The van der Waals surface area contributed by atoms with E-state index in [0.29, 0.717) is 24.5 Å². The Morgan fingerprint density at radius 1 is 1.42 bits per heavy atom. The van der Waals surface area contributed by atoms with Gasteiger partial charge in [0.1, 0.15) is 5.76 Å². The number of hydrogen-bond acceptors (Lipinski definition) is 4. The van der Waals surface area contributed by atoms with Crippen molar-refractivity contribution >= 4 is 6.03 Å².